The Morgan fingerprint density at radius 1 is 1.50 bits per heavy atom. The molecule has 88 valence electrons. The summed E-state index contributed by atoms with van der Waals surface area (Å²) in [7, 11) is 0. The lowest BCUT2D eigenvalue weighted by Gasteiger charge is -2.09. The number of nitrogens with one attached hydrogen (secondary N) is 1. The molecule has 1 rings (SSSR count). The first-order chi connectivity index (χ1) is 7.56. The second kappa shape index (κ2) is 5.84. The average molecular weight is 287 g/mol. The van der Waals surface area contributed by atoms with Crippen LogP contribution < -0.4 is 5.32 Å². The van der Waals surface area contributed by atoms with Gasteiger partial charge in [-0.3, -0.25) is 10.1 Å². The monoisotopic (exact) mass is 286 g/mol. The van der Waals surface area contributed by atoms with E-state index in [1.807, 2.05) is 0 Å². The predicted molar refractivity (Wildman–Crippen MR) is 68.9 cm³/mol. The fourth-order valence-corrected chi connectivity index (χ4v) is 1.87. The van der Waals surface area contributed by atoms with Crippen molar-refractivity contribution in [2.24, 2.45) is 0 Å². The molecule has 0 saturated heterocycles. The number of hydrogen-bond acceptors (Lipinski definition) is 3. The molecule has 16 heavy (non-hydrogen) atoms. The van der Waals surface area contributed by atoms with Crippen LogP contribution in [-0.2, 0) is 0 Å². The van der Waals surface area contributed by atoms with E-state index in [2.05, 4.69) is 28.2 Å². The summed E-state index contributed by atoms with van der Waals surface area (Å²) in [5.41, 5.74) is 1.73. The first kappa shape index (κ1) is 13.0. The van der Waals surface area contributed by atoms with E-state index in [0.29, 0.717) is 5.56 Å². The lowest BCUT2D eigenvalue weighted by Crippen LogP contribution is -2.02. The van der Waals surface area contributed by atoms with Gasteiger partial charge in [-0.2, -0.15) is 0 Å². The zero-order valence-corrected chi connectivity index (χ0v) is 11.0. The number of hydrogen-bond donors (Lipinski definition) is 1. The number of nitrogens with zero attached hydrogens (tertiary/aromatic N) is 1. The van der Waals surface area contributed by atoms with Gasteiger partial charge in [0.25, 0.3) is 5.69 Å². The summed E-state index contributed by atoms with van der Waals surface area (Å²) in [6.45, 7) is 4.75. The molecule has 0 spiro atoms. The summed E-state index contributed by atoms with van der Waals surface area (Å²) in [5.74, 6) is 0. The van der Waals surface area contributed by atoms with Gasteiger partial charge in [-0.1, -0.05) is 13.3 Å². The fraction of sp³-hybridized carbons (Fsp3) is 0.455. The average Bonchev–Trinajstić information content (AvgIpc) is 2.22. The minimum absolute atomic E-state index is 0.146. The molecule has 1 aromatic carbocycles. The topological polar surface area (TPSA) is 55.2 Å². The molecule has 0 fully saturated rings. The van der Waals surface area contributed by atoms with Gasteiger partial charge in [-0.25, -0.2) is 0 Å². The zero-order valence-electron chi connectivity index (χ0n) is 9.42. The van der Waals surface area contributed by atoms with E-state index < -0.39 is 0 Å². The number of nitro groups is 1. The second-order valence-electron chi connectivity index (χ2n) is 3.66. The second-order valence-corrected chi connectivity index (χ2v) is 4.51. The molecule has 1 aromatic rings. The molecule has 1 N–H and O–H groups in total. The van der Waals surface area contributed by atoms with E-state index in [4.69, 9.17) is 0 Å². The summed E-state index contributed by atoms with van der Waals surface area (Å²) in [6, 6.07) is 3.35. The number of nitro benzene ring substituents is 1. The van der Waals surface area contributed by atoms with E-state index >= 15 is 0 Å². The molecule has 0 bridgehead atoms. The molecule has 0 aliphatic carbocycles. The lowest BCUT2D eigenvalue weighted by molar-refractivity contribution is -0.385. The van der Waals surface area contributed by atoms with Crippen LogP contribution in [0.1, 0.15) is 25.3 Å². The summed E-state index contributed by atoms with van der Waals surface area (Å²) in [5, 5.41) is 14.0. The Labute approximate surface area is 103 Å². The first-order valence-corrected chi connectivity index (χ1v) is 6.04. The maximum absolute atomic E-state index is 10.7. The van der Waals surface area contributed by atoms with Gasteiger partial charge in [0.15, 0.2) is 0 Å². The highest BCUT2D eigenvalue weighted by Gasteiger charge is 2.13. The Kier molecular flexibility index (Phi) is 4.73. The van der Waals surface area contributed by atoms with Crippen molar-refractivity contribution < 1.29 is 4.92 Å². The molecule has 0 aliphatic heterocycles. The molecule has 0 heterocycles. The van der Waals surface area contributed by atoms with E-state index in [9.17, 15) is 10.1 Å². The van der Waals surface area contributed by atoms with Crippen molar-refractivity contribution in [2.45, 2.75) is 26.7 Å². The van der Waals surface area contributed by atoms with Crippen molar-refractivity contribution in [1.29, 1.82) is 0 Å². The maximum Gasteiger partial charge on any atom is 0.273 e. The van der Waals surface area contributed by atoms with Gasteiger partial charge < -0.3 is 5.32 Å². The molecule has 0 aromatic heterocycles. The number of aryl methyl sites for hydroxylation is 1. The molecule has 4 nitrogen and oxygen atoms in total. The molecule has 0 amide bonds. The Bertz CT molecular complexity index is 394. The van der Waals surface area contributed by atoms with Crippen LogP contribution >= 0.6 is 15.9 Å². The van der Waals surface area contributed by atoms with Gasteiger partial charge >= 0.3 is 0 Å². The quantitative estimate of drug-likeness (QED) is 0.508. The third kappa shape index (κ3) is 3.20. The van der Waals surface area contributed by atoms with Crippen molar-refractivity contribution in [3.63, 3.8) is 0 Å². The minimum Gasteiger partial charge on any atom is -0.384 e. The number of benzene rings is 1. The number of halogens is 1. The highest BCUT2D eigenvalue weighted by molar-refractivity contribution is 9.10. The number of rotatable bonds is 5. The summed E-state index contributed by atoms with van der Waals surface area (Å²) in [4.78, 5) is 10.3. The van der Waals surface area contributed by atoms with E-state index in [0.717, 1.165) is 29.5 Å². The molecule has 0 radical (unpaired) electrons. The van der Waals surface area contributed by atoms with Gasteiger partial charge in [-0.15, -0.1) is 0 Å². The summed E-state index contributed by atoms with van der Waals surface area (Å²) in [6.07, 6.45) is 2.21. The van der Waals surface area contributed by atoms with E-state index in [1.165, 1.54) is 0 Å². The molecule has 0 aliphatic rings. The van der Waals surface area contributed by atoms with Crippen LogP contribution in [0, 0.1) is 17.0 Å². The molecule has 5 heteroatoms. The number of unbranched alkanes of at least 4 members (excludes halogenated alkanes) is 1. The minimum atomic E-state index is -0.365. The van der Waals surface area contributed by atoms with Crippen molar-refractivity contribution in [1.82, 2.24) is 0 Å². The van der Waals surface area contributed by atoms with Crippen LogP contribution in [-0.4, -0.2) is 11.5 Å². The van der Waals surface area contributed by atoms with Crippen molar-refractivity contribution >= 4 is 27.3 Å². The zero-order chi connectivity index (χ0) is 12.1. The summed E-state index contributed by atoms with van der Waals surface area (Å²) < 4.78 is 0.737. The SMILES string of the molecule is CCCCNc1cc(C)c([N+](=O)[O-])cc1Br. The molecule has 0 atom stereocenters. The van der Waals surface area contributed by atoms with E-state index in [1.54, 1.807) is 19.1 Å². The standard InChI is InChI=1S/C11H15BrN2O2/c1-3-4-5-13-10-6-8(2)11(14(15)16)7-9(10)12/h6-7,13H,3-5H2,1-2H3. The Morgan fingerprint density at radius 3 is 2.75 bits per heavy atom. The third-order valence-electron chi connectivity index (χ3n) is 2.33. The molecule has 0 unspecified atom stereocenters. The highest BCUT2D eigenvalue weighted by Crippen LogP contribution is 2.30. The van der Waals surface area contributed by atoms with Gasteiger partial charge in [-0.05, 0) is 35.3 Å². The van der Waals surface area contributed by atoms with Gasteiger partial charge in [0.05, 0.1) is 4.92 Å². The maximum atomic E-state index is 10.7. The predicted octanol–water partition coefficient (Wildman–Crippen LogP) is 3.88. The largest absolute Gasteiger partial charge is 0.384 e. The van der Waals surface area contributed by atoms with Crippen LogP contribution in [0.15, 0.2) is 16.6 Å². The van der Waals surface area contributed by atoms with Crippen molar-refractivity contribution in [3.8, 4) is 0 Å². The third-order valence-corrected chi connectivity index (χ3v) is 2.98. The summed E-state index contributed by atoms with van der Waals surface area (Å²) >= 11 is 3.33. The van der Waals surface area contributed by atoms with Gasteiger partial charge in [0.2, 0.25) is 0 Å². The van der Waals surface area contributed by atoms with Crippen molar-refractivity contribution in [3.05, 3.63) is 32.3 Å². The van der Waals surface area contributed by atoms with Crippen LogP contribution in [0.4, 0.5) is 11.4 Å². The Morgan fingerprint density at radius 2 is 2.19 bits per heavy atom. The van der Waals surface area contributed by atoms with Gasteiger partial charge in [0.1, 0.15) is 0 Å². The van der Waals surface area contributed by atoms with Crippen LogP contribution in [0.2, 0.25) is 0 Å². The Balaban J connectivity index is 2.88. The van der Waals surface area contributed by atoms with Gasteiger partial charge in [0, 0.05) is 28.3 Å². The van der Waals surface area contributed by atoms with Crippen LogP contribution in [0.5, 0.6) is 0 Å². The smallest absolute Gasteiger partial charge is 0.273 e. The van der Waals surface area contributed by atoms with Crippen LogP contribution in [0.25, 0.3) is 0 Å². The Hall–Kier alpha value is -1.10. The lowest BCUT2D eigenvalue weighted by atomic mass is 10.2. The normalized spacial score (nSPS) is 10.2. The number of anilines is 1. The highest BCUT2D eigenvalue weighted by atomic mass is 79.9. The molecular formula is C11H15BrN2O2. The fourth-order valence-electron chi connectivity index (χ4n) is 1.40. The first-order valence-electron chi connectivity index (χ1n) is 5.24. The molecule has 0 saturated carbocycles. The molecular weight excluding hydrogens is 272 g/mol. The van der Waals surface area contributed by atoms with Crippen molar-refractivity contribution in [2.75, 3.05) is 11.9 Å². The van der Waals surface area contributed by atoms with E-state index in [-0.39, 0.29) is 10.6 Å². The van der Waals surface area contributed by atoms with Crippen LogP contribution in [0.3, 0.4) is 0 Å².